The van der Waals surface area contributed by atoms with Crippen LogP contribution in [0.3, 0.4) is 0 Å². The quantitative estimate of drug-likeness (QED) is 0.590. The number of urea groups is 1. The van der Waals surface area contributed by atoms with Gasteiger partial charge in [-0.25, -0.2) is 9.59 Å². The minimum Gasteiger partial charge on any atom is -0.450 e. The van der Waals surface area contributed by atoms with Crippen LogP contribution < -0.4 is 5.32 Å². The predicted molar refractivity (Wildman–Crippen MR) is 148 cm³/mol. The number of nitrogens with one attached hydrogen (secondary N) is 1. The number of benzene rings is 1. The van der Waals surface area contributed by atoms with Crippen molar-refractivity contribution in [3.8, 4) is 0 Å². The summed E-state index contributed by atoms with van der Waals surface area (Å²) < 4.78 is 10.6. The summed E-state index contributed by atoms with van der Waals surface area (Å²) in [6, 6.07) is 9.34. The molecule has 0 radical (unpaired) electrons. The van der Waals surface area contributed by atoms with Crippen molar-refractivity contribution in [1.82, 2.24) is 19.9 Å². The summed E-state index contributed by atoms with van der Waals surface area (Å²) in [5, 5.41) is 7.05. The molecule has 3 atom stereocenters. The largest absolute Gasteiger partial charge is 0.450 e. The van der Waals surface area contributed by atoms with Crippen molar-refractivity contribution in [1.29, 1.82) is 0 Å². The van der Waals surface area contributed by atoms with E-state index in [-0.39, 0.29) is 23.6 Å². The molecular formula is C30H41N5O4. The number of aryl methyl sites for hydroxylation is 2. The lowest BCUT2D eigenvalue weighted by molar-refractivity contribution is 0.0634. The molecule has 9 heteroatoms. The van der Waals surface area contributed by atoms with Gasteiger partial charge in [-0.05, 0) is 89.4 Å². The molecule has 9 nitrogen and oxygen atoms in total. The Hall–Kier alpha value is -3.07. The van der Waals surface area contributed by atoms with Crippen molar-refractivity contribution < 1.29 is 18.8 Å². The standard InChI is InChI=1S/C30H41N5O4/c1-4-38-29(37)35-17-22-9-10-24(35)16-25(15-22)33-13-11-30(12-14-33)19-34(18-23-7-5-6-8-26(23)30)28(36)31-27-20(2)32-39-21(27)3/h5-8,22,24-25H,4,9-19H2,1-3H3,(H,31,36). The first-order chi connectivity index (χ1) is 18.9. The van der Waals surface area contributed by atoms with Gasteiger partial charge in [0.15, 0.2) is 5.76 Å². The molecule has 4 aliphatic heterocycles. The van der Waals surface area contributed by atoms with E-state index in [0.717, 1.165) is 51.7 Å². The van der Waals surface area contributed by atoms with Gasteiger partial charge in [-0.3, -0.25) is 0 Å². The Morgan fingerprint density at radius 2 is 1.92 bits per heavy atom. The lowest BCUT2D eigenvalue weighted by atomic mass is 9.68. The van der Waals surface area contributed by atoms with Crippen molar-refractivity contribution in [2.45, 2.75) is 83.3 Å². The molecule has 2 bridgehead atoms. The summed E-state index contributed by atoms with van der Waals surface area (Å²) in [5.41, 5.74) is 3.95. The van der Waals surface area contributed by atoms with Crippen LogP contribution in [-0.4, -0.2) is 76.9 Å². The number of aromatic nitrogens is 1. The smallest absolute Gasteiger partial charge is 0.410 e. The van der Waals surface area contributed by atoms with E-state index in [2.05, 4.69) is 39.6 Å². The zero-order valence-electron chi connectivity index (χ0n) is 23.4. The number of hydrogen-bond donors (Lipinski definition) is 1. The van der Waals surface area contributed by atoms with Crippen molar-refractivity contribution in [2.75, 3.05) is 38.1 Å². The molecule has 5 heterocycles. The van der Waals surface area contributed by atoms with Gasteiger partial charge >= 0.3 is 12.1 Å². The second-order valence-corrected chi connectivity index (χ2v) is 12.0. The summed E-state index contributed by atoms with van der Waals surface area (Å²) in [4.78, 5) is 32.7. The Balaban J connectivity index is 1.17. The molecule has 1 saturated carbocycles. The van der Waals surface area contributed by atoms with Gasteiger partial charge in [0, 0.05) is 37.1 Å². The highest BCUT2D eigenvalue weighted by atomic mass is 16.6. The predicted octanol–water partition coefficient (Wildman–Crippen LogP) is 5.07. The second-order valence-electron chi connectivity index (χ2n) is 12.0. The molecule has 1 aliphatic carbocycles. The minimum absolute atomic E-state index is 0.0535. The van der Waals surface area contributed by atoms with Gasteiger partial charge in [0.05, 0.1) is 6.61 Å². The van der Waals surface area contributed by atoms with Crippen LogP contribution in [-0.2, 0) is 16.7 Å². The molecule has 1 N–H and O–H groups in total. The molecular weight excluding hydrogens is 494 g/mol. The van der Waals surface area contributed by atoms with Gasteiger partial charge in [-0.1, -0.05) is 29.4 Å². The zero-order valence-corrected chi connectivity index (χ0v) is 23.4. The monoisotopic (exact) mass is 535 g/mol. The van der Waals surface area contributed by atoms with E-state index in [0.29, 0.717) is 48.8 Å². The van der Waals surface area contributed by atoms with E-state index in [1.807, 2.05) is 30.6 Å². The van der Waals surface area contributed by atoms with Crippen LogP contribution in [0, 0.1) is 19.8 Å². The Morgan fingerprint density at radius 3 is 2.67 bits per heavy atom. The highest BCUT2D eigenvalue weighted by molar-refractivity contribution is 5.90. The number of rotatable bonds is 3. The Kier molecular flexibility index (Phi) is 7.04. The minimum atomic E-state index is -0.140. The summed E-state index contributed by atoms with van der Waals surface area (Å²) in [7, 11) is 0. The normalized spacial score (nSPS) is 26.3. The fourth-order valence-electron chi connectivity index (χ4n) is 7.69. The molecule has 1 spiro atoms. The van der Waals surface area contributed by atoms with Crippen LogP contribution in [0.15, 0.2) is 28.8 Å². The van der Waals surface area contributed by atoms with Crippen molar-refractivity contribution in [3.05, 3.63) is 46.8 Å². The van der Waals surface area contributed by atoms with Gasteiger partial charge < -0.3 is 29.3 Å². The average Bonchev–Trinajstić information content (AvgIpc) is 3.11. The molecule has 7 rings (SSSR count). The van der Waals surface area contributed by atoms with E-state index in [9.17, 15) is 9.59 Å². The van der Waals surface area contributed by atoms with Crippen LogP contribution in [0.25, 0.3) is 0 Å². The number of hydrogen-bond acceptors (Lipinski definition) is 6. The first-order valence-electron chi connectivity index (χ1n) is 14.6. The first-order valence-corrected chi connectivity index (χ1v) is 14.6. The van der Waals surface area contributed by atoms with E-state index in [1.165, 1.54) is 17.5 Å². The third-order valence-electron chi connectivity index (χ3n) is 9.72. The SMILES string of the molecule is CCOC(=O)N1CC2CCC1CC(N1CCC3(CC1)CN(C(=O)Nc1c(C)noc1C)Cc1ccccc13)C2. The van der Waals surface area contributed by atoms with Crippen LogP contribution >= 0.6 is 0 Å². The lowest BCUT2D eigenvalue weighted by Gasteiger charge is -2.50. The maximum absolute atomic E-state index is 13.5. The summed E-state index contributed by atoms with van der Waals surface area (Å²) >= 11 is 0. The third kappa shape index (κ3) is 4.90. The second kappa shape index (κ2) is 10.5. The zero-order chi connectivity index (χ0) is 27.1. The number of amides is 3. The number of piperidine rings is 2. The third-order valence-corrected chi connectivity index (χ3v) is 9.72. The van der Waals surface area contributed by atoms with E-state index >= 15 is 0 Å². The number of nitrogens with zero attached hydrogens (tertiary/aromatic N) is 4. The molecule has 3 saturated heterocycles. The van der Waals surface area contributed by atoms with Crippen LogP contribution in [0.4, 0.5) is 15.3 Å². The van der Waals surface area contributed by atoms with Gasteiger partial charge in [-0.15, -0.1) is 0 Å². The molecule has 39 heavy (non-hydrogen) atoms. The van der Waals surface area contributed by atoms with Gasteiger partial charge in [0.25, 0.3) is 0 Å². The van der Waals surface area contributed by atoms with Gasteiger partial charge in [-0.2, -0.15) is 0 Å². The highest BCUT2D eigenvalue weighted by Gasteiger charge is 2.46. The number of likely N-dealkylation sites (tertiary alicyclic amines) is 1. The summed E-state index contributed by atoms with van der Waals surface area (Å²) in [5.74, 6) is 1.17. The van der Waals surface area contributed by atoms with E-state index < -0.39 is 0 Å². The van der Waals surface area contributed by atoms with Crippen molar-refractivity contribution in [2.24, 2.45) is 5.92 Å². The lowest BCUT2D eigenvalue weighted by Crippen LogP contribution is -2.55. The van der Waals surface area contributed by atoms with E-state index in [1.54, 1.807) is 0 Å². The molecule has 1 aromatic carbocycles. The van der Waals surface area contributed by atoms with E-state index in [4.69, 9.17) is 9.26 Å². The van der Waals surface area contributed by atoms with Crippen molar-refractivity contribution >= 4 is 17.8 Å². The molecule has 2 aromatic rings. The number of carbonyl (C=O) groups is 2. The fourth-order valence-corrected chi connectivity index (χ4v) is 7.69. The molecule has 4 fully saturated rings. The summed E-state index contributed by atoms with van der Waals surface area (Å²) in [6.07, 6.45) is 6.38. The van der Waals surface area contributed by atoms with Crippen LogP contribution in [0.5, 0.6) is 0 Å². The molecule has 3 unspecified atom stereocenters. The number of anilines is 1. The maximum atomic E-state index is 13.5. The fraction of sp³-hybridized carbons (Fsp3) is 0.633. The Morgan fingerprint density at radius 1 is 1.13 bits per heavy atom. The van der Waals surface area contributed by atoms with Crippen LogP contribution in [0.2, 0.25) is 0 Å². The Bertz CT molecular complexity index is 1200. The highest BCUT2D eigenvalue weighted by Crippen LogP contribution is 2.44. The number of fused-ring (bicyclic) bond motifs is 6. The molecule has 210 valence electrons. The van der Waals surface area contributed by atoms with Crippen LogP contribution in [0.1, 0.15) is 68.0 Å². The molecule has 5 aliphatic rings. The molecule has 3 amide bonds. The number of ether oxygens (including phenoxy) is 1. The number of carbonyl (C=O) groups excluding carboxylic acids is 2. The summed E-state index contributed by atoms with van der Waals surface area (Å²) in [6.45, 7) is 10.1. The topological polar surface area (TPSA) is 91.2 Å². The average molecular weight is 536 g/mol. The molecule has 1 aromatic heterocycles. The van der Waals surface area contributed by atoms with Crippen molar-refractivity contribution in [3.63, 3.8) is 0 Å². The maximum Gasteiger partial charge on any atom is 0.410 e. The van der Waals surface area contributed by atoms with Gasteiger partial charge in [0.2, 0.25) is 0 Å². The first kappa shape index (κ1) is 26.2. The van der Waals surface area contributed by atoms with Gasteiger partial charge in [0.1, 0.15) is 11.4 Å². The Labute approximate surface area is 230 Å².